The highest BCUT2D eigenvalue weighted by Crippen LogP contribution is 2.21. The maximum atomic E-state index is 12.1. The lowest BCUT2D eigenvalue weighted by atomic mass is 10.2. The number of carbonyl (C=O) groups is 2. The third-order valence-corrected chi connectivity index (χ3v) is 5.07. The number of guanidine groups is 1. The van der Waals surface area contributed by atoms with Crippen molar-refractivity contribution in [3.8, 4) is 5.75 Å². The normalized spacial score (nSPS) is 13.8. The Labute approximate surface area is 182 Å². The lowest BCUT2D eigenvalue weighted by Crippen LogP contribution is -2.42. The van der Waals surface area contributed by atoms with Crippen LogP contribution in [-0.4, -0.2) is 45.0 Å². The maximum absolute atomic E-state index is 12.1. The van der Waals surface area contributed by atoms with Crippen LogP contribution >= 0.6 is 0 Å². The lowest BCUT2D eigenvalue weighted by molar-refractivity contribution is -0.120. The van der Waals surface area contributed by atoms with Gasteiger partial charge in [-0.05, 0) is 41.8 Å². The highest BCUT2D eigenvalue weighted by Gasteiger charge is 2.21. The van der Waals surface area contributed by atoms with Crippen LogP contribution in [-0.2, 0) is 22.7 Å². The molecule has 2 amide bonds. The zero-order valence-electron chi connectivity index (χ0n) is 18.0. The molecule has 2 aromatic carbocycles. The van der Waals surface area contributed by atoms with Gasteiger partial charge < -0.3 is 25.6 Å². The van der Waals surface area contributed by atoms with Crippen molar-refractivity contribution in [2.24, 2.45) is 4.99 Å². The number of aliphatic imine (C=N–C) groups is 1. The van der Waals surface area contributed by atoms with E-state index >= 15 is 0 Å². The Balaban J connectivity index is 1.39. The molecule has 0 unspecified atom stereocenters. The zero-order chi connectivity index (χ0) is 22.1. The number of anilines is 1. The Hall–Kier alpha value is -3.55. The molecule has 164 valence electrons. The number of hydrogen-bond donors (Lipinski definition) is 3. The van der Waals surface area contributed by atoms with Gasteiger partial charge in [-0.2, -0.15) is 0 Å². The van der Waals surface area contributed by atoms with Crippen molar-refractivity contribution < 1.29 is 14.3 Å². The summed E-state index contributed by atoms with van der Waals surface area (Å²) in [7, 11) is 3.28. The Morgan fingerprint density at radius 3 is 2.23 bits per heavy atom. The number of hydrogen-bond acceptors (Lipinski definition) is 4. The van der Waals surface area contributed by atoms with Gasteiger partial charge in [0.05, 0.1) is 13.7 Å². The Morgan fingerprint density at radius 2 is 1.65 bits per heavy atom. The van der Waals surface area contributed by atoms with E-state index in [1.807, 2.05) is 53.4 Å². The van der Waals surface area contributed by atoms with E-state index in [0.29, 0.717) is 25.5 Å². The maximum Gasteiger partial charge on any atom is 0.239 e. The van der Waals surface area contributed by atoms with Crippen LogP contribution < -0.4 is 25.6 Å². The number of carbonyl (C=O) groups excluding carboxylic acids is 2. The highest BCUT2D eigenvalue weighted by atomic mass is 16.5. The quantitative estimate of drug-likeness (QED) is 0.445. The van der Waals surface area contributed by atoms with E-state index < -0.39 is 0 Å². The summed E-state index contributed by atoms with van der Waals surface area (Å²) < 4.78 is 5.13. The molecule has 0 atom stereocenters. The molecular formula is C23H29N5O3. The summed E-state index contributed by atoms with van der Waals surface area (Å²) in [5, 5.41) is 9.07. The second-order valence-corrected chi connectivity index (χ2v) is 7.22. The SMILES string of the molecule is CN=C(NCC(=O)NCc1ccc(OC)cc1)NCc1ccc(N2CCCC2=O)cc1. The summed E-state index contributed by atoms with van der Waals surface area (Å²) in [6.45, 7) is 1.91. The fraction of sp³-hybridized carbons (Fsp3) is 0.348. The molecule has 3 N–H and O–H groups in total. The van der Waals surface area contributed by atoms with Crippen LogP contribution in [0.4, 0.5) is 5.69 Å². The second kappa shape index (κ2) is 11.0. The van der Waals surface area contributed by atoms with Gasteiger partial charge in [0.1, 0.15) is 5.75 Å². The van der Waals surface area contributed by atoms with Crippen molar-refractivity contribution >= 4 is 23.5 Å². The zero-order valence-corrected chi connectivity index (χ0v) is 18.0. The van der Waals surface area contributed by atoms with Crippen LogP contribution in [0, 0.1) is 0 Å². The standard InChI is InChI=1S/C23H29N5O3/c1-24-23(27-16-21(29)25-14-18-7-11-20(31-2)12-8-18)26-15-17-5-9-19(10-6-17)28-13-3-4-22(28)30/h5-12H,3-4,13-16H2,1-2H3,(H,25,29)(H2,24,26,27). The summed E-state index contributed by atoms with van der Waals surface area (Å²) in [6, 6.07) is 15.5. The fourth-order valence-corrected chi connectivity index (χ4v) is 3.29. The fourth-order valence-electron chi connectivity index (χ4n) is 3.29. The minimum absolute atomic E-state index is 0.117. The largest absolute Gasteiger partial charge is 0.497 e. The summed E-state index contributed by atoms with van der Waals surface area (Å²) in [5.74, 6) is 1.38. The number of ether oxygens (including phenoxy) is 1. The van der Waals surface area contributed by atoms with Crippen molar-refractivity contribution in [2.75, 3.05) is 32.1 Å². The van der Waals surface area contributed by atoms with E-state index in [-0.39, 0.29) is 18.4 Å². The number of benzene rings is 2. The van der Waals surface area contributed by atoms with E-state index in [2.05, 4.69) is 20.9 Å². The molecule has 0 spiro atoms. The third-order valence-electron chi connectivity index (χ3n) is 5.07. The monoisotopic (exact) mass is 423 g/mol. The molecule has 1 aliphatic rings. The summed E-state index contributed by atoms with van der Waals surface area (Å²) in [6.07, 6.45) is 1.54. The Bertz CT molecular complexity index is 910. The summed E-state index contributed by atoms with van der Waals surface area (Å²) >= 11 is 0. The van der Waals surface area contributed by atoms with Crippen LogP contribution in [0.5, 0.6) is 5.75 Å². The molecule has 31 heavy (non-hydrogen) atoms. The molecular weight excluding hydrogens is 394 g/mol. The summed E-state index contributed by atoms with van der Waals surface area (Å²) in [5.41, 5.74) is 2.99. The predicted octanol–water partition coefficient (Wildman–Crippen LogP) is 1.80. The van der Waals surface area contributed by atoms with Gasteiger partial charge in [0.25, 0.3) is 0 Å². The summed E-state index contributed by atoms with van der Waals surface area (Å²) in [4.78, 5) is 29.9. The first-order valence-corrected chi connectivity index (χ1v) is 10.3. The molecule has 0 bridgehead atoms. The highest BCUT2D eigenvalue weighted by molar-refractivity contribution is 5.95. The van der Waals surface area contributed by atoms with Crippen molar-refractivity contribution in [3.05, 3.63) is 59.7 Å². The van der Waals surface area contributed by atoms with Crippen molar-refractivity contribution in [2.45, 2.75) is 25.9 Å². The number of methoxy groups -OCH3 is 1. The number of rotatable bonds is 8. The smallest absolute Gasteiger partial charge is 0.239 e. The van der Waals surface area contributed by atoms with Gasteiger partial charge in [0, 0.05) is 38.8 Å². The van der Waals surface area contributed by atoms with Crippen LogP contribution in [0.25, 0.3) is 0 Å². The molecule has 0 radical (unpaired) electrons. The Morgan fingerprint density at radius 1 is 1.00 bits per heavy atom. The number of nitrogens with one attached hydrogen (secondary N) is 3. The molecule has 0 saturated carbocycles. The van der Waals surface area contributed by atoms with Crippen molar-refractivity contribution in [1.29, 1.82) is 0 Å². The molecule has 3 rings (SSSR count). The average Bonchev–Trinajstić information content (AvgIpc) is 3.24. The van der Waals surface area contributed by atoms with Crippen LogP contribution in [0.2, 0.25) is 0 Å². The van der Waals surface area contributed by atoms with Gasteiger partial charge in [0.2, 0.25) is 11.8 Å². The molecule has 8 nitrogen and oxygen atoms in total. The van der Waals surface area contributed by atoms with E-state index in [0.717, 1.165) is 35.5 Å². The van der Waals surface area contributed by atoms with Crippen LogP contribution in [0.15, 0.2) is 53.5 Å². The molecule has 2 aromatic rings. The van der Waals surface area contributed by atoms with Gasteiger partial charge in [0.15, 0.2) is 5.96 Å². The van der Waals surface area contributed by atoms with Gasteiger partial charge in [-0.15, -0.1) is 0 Å². The predicted molar refractivity (Wildman–Crippen MR) is 121 cm³/mol. The van der Waals surface area contributed by atoms with E-state index in [4.69, 9.17) is 4.74 Å². The number of nitrogens with zero attached hydrogens (tertiary/aromatic N) is 2. The average molecular weight is 424 g/mol. The van der Waals surface area contributed by atoms with E-state index in [9.17, 15) is 9.59 Å². The van der Waals surface area contributed by atoms with E-state index in [1.54, 1.807) is 14.2 Å². The second-order valence-electron chi connectivity index (χ2n) is 7.22. The molecule has 0 aliphatic carbocycles. The van der Waals surface area contributed by atoms with Crippen molar-refractivity contribution in [1.82, 2.24) is 16.0 Å². The van der Waals surface area contributed by atoms with Crippen LogP contribution in [0.1, 0.15) is 24.0 Å². The molecule has 1 heterocycles. The number of amides is 2. The first kappa shape index (κ1) is 22.1. The first-order chi connectivity index (χ1) is 15.1. The molecule has 8 heteroatoms. The molecule has 0 aromatic heterocycles. The first-order valence-electron chi connectivity index (χ1n) is 10.3. The minimum atomic E-state index is -0.126. The third kappa shape index (κ3) is 6.47. The topological polar surface area (TPSA) is 95.1 Å². The van der Waals surface area contributed by atoms with E-state index in [1.165, 1.54) is 0 Å². The van der Waals surface area contributed by atoms with Gasteiger partial charge in [-0.1, -0.05) is 24.3 Å². The van der Waals surface area contributed by atoms with Gasteiger partial charge in [-0.3, -0.25) is 14.6 Å². The molecule has 1 saturated heterocycles. The van der Waals surface area contributed by atoms with Crippen LogP contribution in [0.3, 0.4) is 0 Å². The van der Waals surface area contributed by atoms with Gasteiger partial charge >= 0.3 is 0 Å². The van der Waals surface area contributed by atoms with Crippen molar-refractivity contribution in [3.63, 3.8) is 0 Å². The minimum Gasteiger partial charge on any atom is -0.497 e. The Kier molecular flexibility index (Phi) is 7.86. The molecule has 1 fully saturated rings. The van der Waals surface area contributed by atoms with Gasteiger partial charge in [-0.25, -0.2) is 0 Å². The molecule has 1 aliphatic heterocycles. The lowest BCUT2D eigenvalue weighted by Gasteiger charge is -2.16.